The Hall–Kier alpha value is -2.40. The molecule has 0 saturated heterocycles. The monoisotopic (exact) mass is 398 g/mol. The smallest absolute Gasteiger partial charge is 0.336 e. The Kier molecular flexibility index (Phi) is 5.48. The van der Waals surface area contributed by atoms with E-state index in [-0.39, 0.29) is 11.4 Å². The third kappa shape index (κ3) is 4.53. The van der Waals surface area contributed by atoms with E-state index in [1.54, 1.807) is 26.8 Å². The maximum atomic E-state index is 12.5. The second-order valence-corrected chi connectivity index (χ2v) is 11.0. The molecule has 0 fully saturated rings. The van der Waals surface area contributed by atoms with E-state index in [9.17, 15) is 13.2 Å². The predicted octanol–water partition coefficient (Wildman–Crippen LogP) is 4.60. The second kappa shape index (κ2) is 7.55. The van der Waals surface area contributed by atoms with Crippen molar-refractivity contribution < 1.29 is 12.8 Å². The van der Waals surface area contributed by atoms with Gasteiger partial charge < -0.3 is 4.42 Å². The summed E-state index contributed by atoms with van der Waals surface area (Å²) in [5.74, 6) is 0.0679. The topological polar surface area (TPSA) is 64.3 Å². The first kappa shape index (κ1) is 20.3. The van der Waals surface area contributed by atoms with E-state index >= 15 is 0 Å². The van der Waals surface area contributed by atoms with Crippen molar-refractivity contribution in [3.8, 4) is 0 Å². The van der Waals surface area contributed by atoms with Gasteiger partial charge in [-0.15, -0.1) is 0 Å². The van der Waals surface area contributed by atoms with Crippen LogP contribution in [-0.2, 0) is 28.4 Å². The largest absolute Gasteiger partial charge is 0.423 e. The normalized spacial score (nSPS) is 12.4. The van der Waals surface area contributed by atoms with Crippen molar-refractivity contribution in [1.82, 2.24) is 0 Å². The summed E-state index contributed by atoms with van der Waals surface area (Å²) < 4.78 is 29.4. The number of hydrogen-bond donors (Lipinski definition) is 0. The first-order valence-electron chi connectivity index (χ1n) is 9.39. The Morgan fingerprint density at radius 1 is 0.893 bits per heavy atom. The molecule has 5 heteroatoms. The minimum Gasteiger partial charge on any atom is -0.423 e. The van der Waals surface area contributed by atoms with E-state index < -0.39 is 14.6 Å². The molecule has 0 bridgehead atoms. The molecular weight excluding hydrogens is 372 g/mol. The highest BCUT2D eigenvalue weighted by atomic mass is 32.2. The summed E-state index contributed by atoms with van der Waals surface area (Å²) in [4.78, 5) is 11.3. The Morgan fingerprint density at radius 2 is 1.54 bits per heavy atom. The highest BCUT2D eigenvalue weighted by Gasteiger charge is 2.29. The molecule has 1 aromatic heterocycles. The van der Waals surface area contributed by atoms with Crippen LogP contribution in [0.3, 0.4) is 0 Å². The van der Waals surface area contributed by atoms with Gasteiger partial charge in [-0.3, -0.25) is 0 Å². The van der Waals surface area contributed by atoms with Crippen molar-refractivity contribution in [3.63, 3.8) is 0 Å². The van der Waals surface area contributed by atoms with E-state index in [4.69, 9.17) is 4.42 Å². The van der Waals surface area contributed by atoms with Crippen LogP contribution in [0, 0.1) is 6.92 Å². The molecule has 0 aliphatic heterocycles. The second-order valence-electron chi connectivity index (χ2n) is 8.26. The molecule has 3 aromatic rings. The van der Waals surface area contributed by atoms with Crippen LogP contribution in [0.15, 0.2) is 57.7 Å². The summed E-state index contributed by atoms with van der Waals surface area (Å²) in [5, 5.41) is 0.913. The van der Waals surface area contributed by atoms with Gasteiger partial charge in [0.1, 0.15) is 5.58 Å². The van der Waals surface area contributed by atoms with Gasteiger partial charge in [0.2, 0.25) is 0 Å². The first-order chi connectivity index (χ1) is 13.0. The third-order valence-electron chi connectivity index (χ3n) is 5.07. The van der Waals surface area contributed by atoms with Crippen molar-refractivity contribution in [2.75, 3.05) is 0 Å². The quantitative estimate of drug-likeness (QED) is 0.589. The zero-order valence-electron chi connectivity index (χ0n) is 16.8. The summed E-state index contributed by atoms with van der Waals surface area (Å²) in [6, 6.07) is 15.1. The summed E-state index contributed by atoms with van der Waals surface area (Å²) in [6.07, 6.45) is 1.71. The van der Waals surface area contributed by atoms with Crippen molar-refractivity contribution in [3.05, 3.63) is 81.2 Å². The van der Waals surface area contributed by atoms with Gasteiger partial charge in [0.25, 0.3) is 0 Å². The van der Waals surface area contributed by atoms with Gasteiger partial charge in [0.05, 0.1) is 10.5 Å². The molecule has 0 amide bonds. The fourth-order valence-electron chi connectivity index (χ4n) is 3.06. The third-order valence-corrected chi connectivity index (χ3v) is 7.63. The molecule has 1 heterocycles. The minimum absolute atomic E-state index is 0.0679. The molecule has 2 aromatic carbocycles. The average Bonchev–Trinajstić information content (AvgIpc) is 2.61. The van der Waals surface area contributed by atoms with Gasteiger partial charge in [0, 0.05) is 11.5 Å². The zero-order chi connectivity index (χ0) is 20.5. The molecule has 0 saturated carbocycles. The van der Waals surface area contributed by atoms with Gasteiger partial charge >= 0.3 is 5.63 Å². The molecule has 0 unspecified atom stereocenters. The predicted molar refractivity (Wildman–Crippen MR) is 113 cm³/mol. The maximum Gasteiger partial charge on any atom is 0.336 e. The van der Waals surface area contributed by atoms with Gasteiger partial charge in [-0.05, 0) is 81.0 Å². The van der Waals surface area contributed by atoms with Gasteiger partial charge in [-0.2, -0.15) is 0 Å². The van der Waals surface area contributed by atoms with Crippen molar-refractivity contribution >= 4 is 20.8 Å². The number of benzene rings is 2. The van der Waals surface area contributed by atoms with E-state index in [1.165, 1.54) is 17.2 Å². The molecular formula is C23H26O4S. The van der Waals surface area contributed by atoms with Crippen LogP contribution < -0.4 is 5.63 Å². The summed E-state index contributed by atoms with van der Waals surface area (Å²) in [7, 11) is -3.20. The van der Waals surface area contributed by atoms with E-state index in [2.05, 4.69) is 6.07 Å². The van der Waals surface area contributed by atoms with Gasteiger partial charge in [-0.1, -0.05) is 24.3 Å². The standard InChI is InChI=1S/C23H26O4S/c1-16-13-17(7-9-20(16)15-28(25,26)23(2,3)4)5-6-18-8-11-21-19(14-18)10-12-22(24)27-21/h7-14H,5-6,15H2,1-4H3. The van der Waals surface area contributed by atoms with Crippen LogP contribution in [0.1, 0.15) is 43.0 Å². The van der Waals surface area contributed by atoms with Crippen LogP contribution in [0.25, 0.3) is 11.0 Å². The van der Waals surface area contributed by atoms with E-state index in [1.807, 2.05) is 37.3 Å². The molecule has 0 radical (unpaired) electrons. The van der Waals surface area contributed by atoms with Gasteiger partial charge in [0.15, 0.2) is 9.84 Å². The molecule has 28 heavy (non-hydrogen) atoms. The van der Waals surface area contributed by atoms with Gasteiger partial charge in [-0.25, -0.2) is 13.2 Å². The molecule has 3 rings (SSSR count). The Bertz CT molecular complexity index is 1170. The van der Waals surface area contributed by atoms with Crippen molar-refractivity contribution in [1.29, 1.82) is 0 Å². The Morgan fingerprint density at radius 3 is 2.18 bits per heavy atom. The van der Waals surface area contributed by atoms with Crippen molar-refractivity contribution in [2.24, 2.45) is 0 Å². The summed E-state index contributed by atoms with van der Waals surface area (Å²) in [5.41, 5.74) is 4.46. The Balaban J connectivity index is 1.73. The lowest BCUT2D eigenvalue weighted by Crippen LogP contribution is -2.29. The van der Waals surface area contributed by atoms with Crippen LogP contribution >= 0.6 is 0 Å². The molecule has 0 atom stereocenters. The molecule has 0 spiro atoms. The van der Waals surface area contributed by atoms with E-state index in [0.717, 1.165) is 29.4 Å². The molecule has 0 N–H and O–H groups in total. The van der Waals surface area contributed by atoms with E-state index in [0.29, 0.717) is 5.58 Å². The highest BCUT2D eigenvalue weighted by molar-refractivity contribution is 7.91. The Labute approximate surface area is 166 Å². The fourth-order valence-corrected chi connectivity index (χ4v) is 4.23. The molecule has 4 nitrogen and oxygen atoms in total. The lowest BCUT2D eigenvalue weighted by Gasteiger charge is -2.20. The van der Waals surface area contributed by atoms with Crippen LogP contribution in [0.4, 0.5) is 0 Å². The summed E-state index contributed by atoms with van der Waals surface area (Å²) >= 11 is 0. The van der Waals surface area contributed by atoms with Crippen LogP contribution in [0.5, 0.6) is 0 Å². The lowest BCUT2D eigenvalue weighted by molar-refractivity contribution is 0.559. The molecule has 0 aliphatic carbocycles. The fraction of sp³-hybridized carbons (Fsp3) is 0.348. The number of hydrogen-bond acceptors (Lipinski definition) is 4. The average molecular weight is 399 g/mol. The summed E-state index contributed by atoms with van der Waals surface area (Å²) in [6.45, 7) is 7.18. The van der Waals surface area contributed by atoms with Crippen molar-refractivity contribution in [2.45, 2.75) is 51.0 Å². The van der Waals surface area contributed by atoms with Crippen LogP contribution in [0.2, 0.25) is 0 Å². The SMILES string of the molecule is Cc1cc(CCc2ccc3oc(=O)ccc3c2)ccc1CS(=O)(=O)C(C)(C)C. The highest BCUT2D eigenvalue weighted by Crippen LogP contribution is 2.23. The number of aryl methyl sites for hydroxylation is 3. The lowest BCUT2D eigenvalue weighted by atomic mass is 10.00. The molecule has 148 valence electrons. The number of sulfone groups is 1. The first-order valence-corrected chi connectivity index (χ1v) is 11.0. The zero-order valence-corrected chi connectivity index (χ0v) is 17.6. The maximum absolute atomic E-state index is 12.5. The number of fused-ring (bicyclic) bond motifs is 1. The number of rotatable bonds is 5. The minimum atomic E-state index is -3.20. The molecule has 0 aliphatic rings. The van der Waals surface area contributed by atoms with Crippen LogP contribution in [-0.4, -0.2) is 13.2 Å².